The molecule has 1 unspecified atom stereocenters. The molecule has 0 spiro atoms. The third-order valence-electron chi connectivity index (χ3n) is 5.18. The summed E-state index contributed by atoms with van der Waals surface area (Å²) in [4.78, 5) is 36.9. The number of amides is 4. The van der Waals surface area contributed by atoms with Gasteiger partial charge in [-0.25, -0.2) is 4.79 Å². The first-order chi connectivity index (χ1) is 15.7. The molecule has 0 aliphatic rings. The van der Waals surface area contributed by atoms with Gasteiger partial charge in [0.05, 0.1) is 12.1 Å². The standard InChI is InChI=1S/C24H30N6O3/c1-24(2,3)20(22(32)26-13-14-27-23(25)33)28-21(31)19-17-11-7-8-12-18(17)30(29-19)15-16-9-5-4-6-10-16/h4-12,20H,13-15H2,1-3H3,(H,26,32)(H,28,31)(H3,25,27,33). The van der Waals surface area contributed by atoms with E-state index in [4.69, 9.17) is 5.73 Å². The summed E-state index contributed by atoms with van der Waals surface area (Å²) < 4.78 is 1.79. The van der Waals surface area contributed by atoms with Gasteiger partial charge < -0.3 is 21.7 Å². The number of aromatic nitrogens is 2. The highest BCUT2D eigenvalue weighted by atomic mass is 16.2. The average molecular weight is 451 g/mol. The molecule has 0 fully saturated rings. The second-order valence-electron chi connectivity index (χ2n) is 8.86. The molecule has 9 nitrogen and oxygen atoms in total. The van der Waals surface area contributed by atoms with Crippen molar-refractivity contribution in [3.05, 3.63) is 65.9 Å². The Morgan fingerprint density at radius 1 is 0.970 bits per heavy atom. The van der Waals surface area contributed by atoms with Crippen molar-refractivity contribution >= 4 is 28.7 Å². The van der Waals surface area contributed by atoms with E-state index in [2.05, 4.69) is 21.0 Å². The van der Waals surface area contributed by atoms with Crippen LogP contribution in [0.2, 0.25) is 0 Å². The lowest BCUT2D eigenvalue weighted by Gasteiger charge is -2.30. The molecular weight excluding hydrogens is 420 g/mol. The van der Waals surface area contributed by atoms with Gasteiger partial charge >= 0.3 is 6.03 Å². The first-order valence-corrected chi connectivity index (χ1v) is 10.8. The van der Waals surface area contributed by atoms with Crippen LogP contribution in [0.25, 0.3) is 10.9 Å². The van der Waals surface area contributed by atoms with E-state index >= 15 is 0 Å². The number of hydrogen-bond acceptors (Lipinski definition) is 4. The summed E-state index contributed by atoms with van der Waals surface area (Å²) in [5.41, 5.74) is 6.64. The zero-order valence-electron chi connectivity index (χ0n) is 19.1. The third-order valence-corrected chi connectivity index (χ3v) is 5.18. The number of para-hydroxylation sites is 1. The molecule has 0 aliphatic carbocycles. The highest BCUT2D eigenvalue weighted by molar-refractivity contribution is 6.06. The second kappa shape index (κ2) is 10.2. The van der Waals surface area contributed by atoms with Crippen molar-refractivity contribution in [2.45, 2.75) is 33.4 Å². The van der Waals surface area contributed by atoms with Crippen LogP contribution in [-0.4, -0.2) is 46.8 Å². The molecule has 1 heterocycles. The van der Waals surface area contributed by atoms with E-state index in [9.17, 15) is 14.4 Å². The zero-order valence-corrected chi connectivity index (χ0v) is 19.1. The SMILES string of the molecule is CC(C)(C)C(NC(=O)c1nn(Cc2ccccc2)c2ccccc12)C(=O)NCCNC(N)=O. The van der Waals surface area contributed by atoms with Crippen molar-refractivity contribution in [3.63, 3.8) is 0 Å². The number of nitrogens with two attached hydrogens (primary N) is 1. The fraction of sp³-hybridized carbons (Fsp3) is 0.333. The summed E-state index contributed by atoms with van der Waals surface area (Å²) in [6, 6.07) is 15.9. The molecule has 0 radical (unpaired) electrons. The maximum Gasteiger partial charge on any atom is 0.312 e. The third kappa shape index (κ3) is 6.09. The normalized spacial score (nSPS) is 12.2. The molecule has 1 aromatic heterocycles. The lowest BCUT2D eigenvalue weighted by Crippen LogP contribution is -2.54. The lowest BCUT2D eigenvalue weighted by atomic mass is 9.86. The smallest absolute Gasteiger partial charge is 0.312 e. The van der Waals surface area contributed by atoms with E-state index in [1.54, 1.807) is 4.68 Å². The van der Waals surface area contributed by atoms with Gasteiger partial charge in [0.2, 0.25) is 5.91 Å². The Kier molecular flexibility index (Phi) is 7.32. The van der Waals surface area contributed by atoms with Crippen LogP contribution in [0, 0.1) is 5.41 Å². The number of hydrogen-bond donors (Lipinski definition) is 4. The topological polar surface area (TPSA) is 131 Å². The fourth-order valence-corrected chi connectivity index (χ4v) is 3.52. The highest BCUT2D eigenvalue weighted by Crippen LogP contribution is 2.23. The van der Waals surface area contributed by atoms with Gasteiger partial charge in [0, 0.05) is 18.5 Å². The number of primary amides is 1. The Hall–Kier alpha value is -3.88. The van der Waals surface area contributed by atoms with Gasteiger partial charge in [0.1, 0.15) is 6.04 Å². The highest BCUT2D eigenvalue weighted by Gasteiger charge is 2.33. The van der Waals surface area contributed by atoms with E-state index in [-0.39, 0.29) is 24.7 Å². The lowest BCUT2D eigenvalue weighted by molar-refractivity contribution is -0.125. The zero-order chi connectivity index (χ0) is 24.0. The molecule has 3 aromatic rings. The molecule has 9 heteroatoms. The van der Waals surface area contributed by atoms with Crippen molar-refractivity contribution in [1.29, 1.82) is 0 Å². The van der Waals surface area contributed by atoms with Crippen molar-refractivity contribution in [2.24, 2.45) is 11.1 Å². The van der Waals surface area contributed by atoms with E-state index < -0.39 is 23.4 Å². The number of carbonyl (C=O) groups excluding carboxylic acids is 3. The average Bonchev–Trinajstić information content (AvgIpc) is 3.13. The molecule has 0 bridgehead atoms. The molecule has 0 aliphatic heterocycles. The minimum atomic E-state index is -0.809. The summed E-state index contributed by atoms with van der Waals surface area (Å²) in [6.07, 6.45) is 0. The van der Waals surface area contributed by atoms with Crippen LogP contribution in [0.3, 0.4) is 0 Å². The Balaban J connectivity index is 1.81. The fourth-order valence-electron chi connectivity index (χ4n) is 3.52. The van der Waals surface area contributed by atoms with Crippen LogP contribution in [-0.2, 0) is 11.3 Å². The van der Waals surface area contributed by atoms with Gasteiger partial charge in [-0.1, -0.05) is 69.3 Å². The molecule has 0 saturated heterocycles. The van der Waals surface area contributed by atoms with Crippen molar-refractivity contribution in [3.8, 4) is 0 Å². The molecule has 5 N–H and O–H groups in total. The predicted octanol–water partition coefficient (Wildman–Crippen LogP) is 2.01. The van der Waals surface area contributed by atoms with Crippen molar-refractivity contribution in [2.75, 3.05) is 13.1 Å². The van der Waals surface area contributed by atoms with Gasteiger partial charge in [-0.05, 0) is 17.0 Å². The van der Waals surface area contributed by atoms with Gasteiger partial charge in [-0.2, -0.15) is 5.10 Å². The molecule has 0 saturated carbocycles. The van der Waals surface area contributed by atoms with Gasteiger partial charge in [0.25, 0.3) is 5.91 Å². The molecule has 33 heavy (non-hydrogen) atoms. The number of benzene rings is 2. The predicted molar refractivity (Wildman–Crippen MR) is 127 cm³/mol. The maximum atomic E-state index is 13.3. The summed E-state index contributed by atoms with van der Waals surface area (Å²) in [7, 11) is 0. The number of urea groups is 1. The Labute approximate surface area is 192 Å². The first-order valence-electron chi connectivity index (χ1n) is 10.8. The minimum Gasteiger partial charge on any atom is -0.353 e. The van der Waals surface area contributed by atoms with Crippen LogP contribution in [0.15, 0.2) is 54.6 Å². The van der Waals surface area contributed by atoms with Crippen LogP contribution >= 0.6 is 0 Å². The molecule has 2 aromatic carbocycles. The van der Waals surface area contributed by atoms with Crippen LogP contribution in [0.1, 0.15) is 36.8 Å². The first kappa shape index (κ1) is 23.8. The largest absolute Gasteiger partial charge is 0.353 e. The monoisotopic (exact) mass is 450 g/mol. The molecule has 174 valence electrons. The van der Waals surface area contributed by atoms with Crippen LogP contribution in [0.5, 0.6) is 0 Å². The van der Waals surface area contributed by atoms with E-state index in [0.717, 1.165) is 11.1 Å². The summed E-state index contributed by atoms with van der Waals surface area (Å²) in [6.45, 7) is 6.51. The van der Waals surface area contributed by atoms with Gasteiger partial charge in [-0.3, -0.25) is 14.3 Å². The molecule has 3 rings (SSSR count). The Morgan fingerprint density at radius 3 is 2.27 bits per heavy atom. The molecule has 1 atom stereocenters. The Bertz CT molecular complexity index is 1130. The number of rotatable bonds is 8. The number of nitrogens with one attached hydrogen (secondary N) is 3. The van der Waals surface area contributed by atoms with Gasteiger partial charge in [-0.15, -0.1) is 0 Å². The Morgan fingerprint density at radius 2 is 1.61 bits per heavy atom. The van der Waals surface area contributed by atoms with E-state index in [1.165, 1.54) is 0 Å². The molecular formula is C24H30N6O3. The minimum absolute atomic E-state index is 0.193. The van der Waals surface area contributed by atoms with Crippen LogP contribution < -0.4 is 21.7 Å². The van der Waals surface area contributed by atoms with Crippen molar-refractivity contribution < 1.29 is 14.4 Å². The number of fused-ring (bicyclic) bond motifs is 1. The van der Waals surface area contributed by atoms with Crippen molar-refractivity contribution in [1.82, 2.24) is 25.7 Å². The second-order valence-corrected chi connectivity index (χ2v) is 8.86. The number of nitrogens with zero attached hydrogens (tertiary/aromatic N) is 2. The maximum absolute atomic E-state index is 13.3. The summed E-state index contributed by atoms with van der Waals surface area (Å²) >= 11 is 0. The molecule has 4 amide bonds. The van der Waals surface area contributed by atoms with Crippen LogP contribution in [0.4, 0.5) is 4.79 Å². The van der Waals surface area contributed by atoms with E-state index in [1.807, 2.05) is 75.4 Å². The summed E-state index contributed by atoms with van der Waals surface area (Å²) in [5.74, 6) is -0.779. The number of carbonyl (C=O) groups is 3. The van der Waals surface area contributed by atoms with Gasteiger partial charge in [0.15, 0.2) is 5.69 Å². The summed E-state index contributed by atoms with van der Waals surface area (Å²) in [5, 5.41) is 13.3. The van der Waals surface area contributed by atoms with E-state index in [0.29, 0.717) is 11.9 Å². The quantitative estimate of drug-likeness (QED) is 0.391.